The molecule has 1 aromatic carbocycles. The lowest BCUT2D eigenvalue weighted by molar-refractivity contribution is -0.840. The molecule has 1 unspecified atom stereocenters. The van der Waals surface area contributed by atoms with E-state index < -0.39 is 11.5 Å². The van der Waals surface area contributed by atoms with Crippen LogP contribution in [-0.4, -0.2) is 101 Å². The van der Waals surface area contributed by atoms with E-state index in [0.717, 1.165) is 37.8 Å². The van der Waals surface area contributed by atoms with E-state index in [1.54, 1.807) is 13.8 Å². The highest BCUT2D eigenvalue weighted by Gasteiger charge is 2.59. The van der Waals surface area contributed by atoms with Crippen LogP contribution in [-0.2, 0) is 14.4 Å². The third-order valence-electron chi connectivity index (χ3n) is 11.1. The quantitative estimate of drug-likeness (QED) is 0.379. The average Bonchev–Trinajstić information content (AvgIpc) is 3.57. The Morgan fingerprint density at radius 2 is 1.64 bits per heavy atom. The molecule has 252 valence electrons. The first-order chi connectivity index (χ1) is 20.8. The van der Waals surface area contributed by atoms with Crippen LogP contribution in [0, 0.1) is 16.7 Å². The van der Waals surface area contributed by atoms with Gasteiger partial charge in [0, 0.05) is 48.6 Å². The first-order valence-corrected chi connectivity index (χ1v) is 17.3. The molecule has 1 saturated carbocycles. The number of halogens is 1. The maximum absolute atomic E-state index is 15.1. The molecule has 8 nitrogen and oxygen atoms in total. The van der Waals surface area contributed by atoms with Crippen molar-refractivity contribution in [3.63, 3.8) is 0 Å². The molecular weight excluding hydrogens is 588 g/mol. The number of hydrogen-bond donors (Lipinski definition) is 2. The summed E-state index contributed by atoms with van der Waals surface area (Å²) in [5, 5.41) is 13.9. The summed E-state index contributed by atoms with van der Waals surface area (Å²) in [7, 11) is 1.92. The molecule has 0 bridgehead atoms. The van der Waals surface area contributed by atoms with Crippen molar-refractivity contribution in [1.82, 2.24) is 15.1 Å². The van der Waals surface area contributed by atoms with Gasteiger partial charge < -0.3 is 15.3 Å². The Hall–Kier alpha value is -2.00. The van der Waals surface area contributed by atoms with Gasteiger partial charge in [0.05, 0.1) is 31.0 Å². The van der Waals surface area contributed by atoms with Crippen LogP contribution in [0.15, 0.2) is 24.3 Å². The topological polar surface area (TPSA) is 90.0 Å². The molecule has 5 atom stereocenters. The smallest absolute Gasteiger partial charge is 0.319 e. The Balaban J connectivity index is 1.74. The minimum atomic E-state index is -0.956. The van der Waals surface area contributed by atoms with Crippen LogP contribution < -0.4 is 5.32 Å². The van der Waals surface area contributed by atoms with Crippen molar-refractivity contribution < 1.29 is 24.0 Å². The van der Waals surface area contributed by atoms with Crippen LogP contribution in [0.3, 0.4) is 0 Å². The van der Waals surface area contributed by atoms with Crippen LogP contribution >= 0.6 is 11.6 Å². The van der Waals surface area contributed by atoms with Gasteiger partial charge in [0.25, 0.3) is 5.91 Å². The number of quaternary nitrogens is 1. The summed E-state index contributed by atoms with van der Waals surface area (Å²) in [6, 6.07) is 6.94. The molecule has 9 heteroatoms. The third kappa shape index (κ3) is 7.45. The van der Waals surface area contributed by atoms with Crippen LogP contribution in [0.2, 0.25) is 5.02 Å². The predicted molar refractivity (Wildman–Crippen MR) is 180 cm³/mol. The maximum atomic E-state index is 15.1. The molecule has 2 aliphatic heterocycles. The molecule has 1 aliphatic carbocycles. The minimum absolute atomic E-state index is 0.0163. The molecule has 2 saturated heterocycles. The number of aliphatic hydroxyl groups excluding tert-OH is 1. The minimum Gasteiger partial charge on any atom is -0.395 e. The lowest BCUT2D eigenvalue weighted by Gasteiger charge is -2.45. The summed E-state index contributed by atoms with van der Waals surface area (Å²) in [5.74, 6) is -0.527. The van der Waals surface area contributed by atoms with E-state index in [-0.39, 0.29) is 63.7 Å². The number of rotatable bonds is 8. The predicted octanol–water partition coefficient (Wildman–Crippen LogP) is 5.22. The van der Waals surface area contributed by atoms with Crippen molar-refractivity contribution in [3.8, 4) is 0 Å². The number of aliphatic hydroxyl groups is 1. The van der Waals surface area contributed by atoms with Gasteiger partial charge in [-0.1, -0.05) is 37.6 Å². The van der Waals surface area contributed by atoms with Gasteiger partial charge in [-0.2, -0.15) is 0 Å². The average molecular weight is 646 g/mol. The Bertz CT molecular complexity index is 1230. The Morgan fingerprint density at radius 3 is 2.18 bits per heavy atom. The van der Waals surface area contributed by atoms with Gasteiger partial charge in [0.1, 0.15) is 6.54 Å². The normalized spacial score (nSPS) is 29.5. The van der Waals surface area contributed by atoms with Crippen molar-refractivity contribution in [3.05, 3.63) is 34.9 Å². The molecule has 0 aromatic heterocycles. The number of likely N-dealkylation sites (N-methyl/N-ethyl adjacent to an activating group) is 2. The number of carbonyl (C=O) groups is 3. The summed E-state index contributed by atoms with van der Waals surface area (Å²) in [6.45, 7) is 18.5. The molecule has 3 aliphatic rings. The molecule has 0 radical (unpaired) electrons. The highest BCUT2D eigenvalue weighted by atomic mass is 35.5. The summed E-state index contributed by atoms with van der Waals surface area (Å²) < 4.78 is -0.0369. The molecule has 4 rings (SSSR count). The van der Waals surface area contributed by atoms with Crippen LogP contribution in [0.4, 0.5) is 0 Å². The zero-order valence-corrected chi connectivity index (χ0v) is 29.9. The van der Waals surface area contributed by atoms with Gasteiger partial charge in [-0.3, -0.25) is 19.0 Å². The summed E-state index contributed by atoms with van der Waals surface area (Å²) in [4.78, 5) is 47.5. The summed E-state index contributed by atoms with van der Waals surface area (Å²) in [5.41, 5.74) is 0.212. The van der Waals surface area contributed by atoms with Crippen molar-refractivity contribution in [1.29, 1.82) is 0 Å². The van der Waals surface area contributed by atoms with Crippen molar-refractivity contribution in [2.45, 2.75) is 117 Å². The Morgan fingerprint density at radius 1 is 1.04 bits per heavy atom. The van der Waals surface area contributed by atoms with E-state index in [0.29, 0.717) is 31.1 Å². The summed E-state index contributed by atoms with van der Waals surface area (Å²) in [6.07, 6.45) is 4.19. The SMILES string of the molecule is CCNC(=O)[C@@H]1C[C@H](N(C(=O)C(C)(C)CO)C2CCC(C)(C)CC2)C[N+]1(C)C(=O)[C@@H]1CN(C(C)(C)C)C[C@H]1c1ccc(Cl)cc1. The van der Waals surface area contributed by atoms with E-state index >= 15 is 4.79 Å². The molecule has 1 aromatic rings. The van der Waals surface area contributed by atoms with Crippen molar-refractivity contribution >= 4 is 29.3 Å². The Kier molecular flexibility index (Phi) is 10.6. The molecule has 3 fully saturated rings. The van der Waals surface area contributed by atoms with E-state index in [1.807, 2.05) is 43.1 Å². The number of benzene rings is 1. The zero-order chi connectivity index (χ0) is 33.5. The van der Waals surface area contributed by atoms with Gasteiger partial charge in [0.15, 0.2) is 6.04 Å². The maximum Gasteiger partial charge on any atom is 0.319 e. The lowest BCUT2D eigenvalue weighted by atomic mass is 9.74. The van der Waals surface area contributed by atoms with Crippen LogP contribution in [0.25, 0.3) is 0 Å². The largest absolute Gasteiger partial charge is 0.395 e. The number of nitrogens with zero attached hydrogens (tertiary/aromatic N) is 3. The Labute approximate surface area is 276 Å². The molecule has 2 heterocycles. The third-order valence-corrected chi connectivity index (χ3v) is 11.4. The second-order valence-electron chi connectivity index (χ2n) is 16.6. The van der Waals surface area contributed by atoms with Crippen LogP contribution in [0.5, 0.6) is 0 Å². The highest BCUT2D eigenvalue weighted by molar-refractivity contribution is 6.30. The number of nitrogens with one attached hydrogen (secondary N) is 1. The molecule has 3 amide bonds. The zero-order valence-electron chi connectivity index (χ0n) is 29.2. The number of likely N-dealkylation sites (tertiary alicyclic amines) is 2. The fraction of sp³-hybridized carbons (Fsp3) is 0.750. The molecule has 2 N–H and O–H groups in total. The van der Waals surface area contributed by atoms with Gasteiger partial charge in [-0.05, 0) is 90.3 Å². The first-order valence-electron chi connectivity index (χ1n) is 17.0. The fourth-order valence-electron chi connectivity index (χ4n) is 7.97. The second kappa shape index (κ2) is 13.2. The lowest BCUT2D eigenvalue weighted by Crippen LogP contribution is -2.62. The standard InChI is InChI=1S/C36H57ClN4O4/c1-10-38-31(43)30-19-27(40(33(45)36(7,8)23-42)26-15-17-35(5,6)18-16-26)22-41(30,9)32(44)29-21-39(34(2,3)4)20-28(29)24-11-13-25(37)14-12-24/h11-14,26-30,42H,10,15-23H2,1-9H3/p+1/t27-,28-,29+,30-,41?/m0/s1. The number of carbonyl (C=O) groups excluding carboxylic acids is 3. The van der Waals surface area contributed by atoms with E-state index in [9.17, 15) is 14.7 Å². The van der Waals surface area contributed by atoms with E-state index in [2.05, 4.69) is 44.8 Å². The van der Waals surface area contributed by atoms with E-state index in [4.69, 9.17) is 11.6 Å². The highest BCUT2D eigenvalue weighted by Crippen LogP contribution is 2.44. The number of hydrogen-bond acceptors (Lipinski definition) is 5. The first kappa shape index (κ1) is 35.8. The molecular formula is C36H58ClN4O4+. The second-order valence-corrected chi connectivity index (χ2v) is 17.0. The monoisotopic (exact) mass is 645 g/mol. The van der Waals surface area contributed by atoms with Crippen molar-refractivity contribution in [2.75, 3.05) is 39.8 Å². The molecule has 0 spiro atoms. The van der Waals surface area contributed by atoms with Crippen LogP contribution in [0.1, 0.15) is 99.0 Å². The fourth-order valence-corrected chi connectivity index (χ4v) is 8.10. The molecule has 45 heavy (non-hydrogen) atoms. The van der Waals surface area contributed by atoms with Gasteiger partial charge in [0.2, 0.25) is 5.91 Å². The van der Waals surface area contributed by atoms with Gasteiger partial charge in [-0.15, -0.1) is 0 Å². The van der Waals surface area contributed by atoms with Gasteiger partial charge >= 0.3 is 5.91 Å². The van der Waals surface area contributed by atoms with E-state index in [1.165, 1.54) is 0 Å². The number of amides is 3. The van der Waals surface area contributed by atoms with Gasteiger partial charge in [-0.25, -0.2) is 4.79 Å². The summed E-state index contributed by atoms with van der Waals surface area (Å²) >= 11 is 6.25. The van der Waals surface area contributed by atoms with Crippen molar-refractivity contribution in [2.24, 2.45) is 16.7 Å².